The van der Waals surface area contributed by atoms with Crippen molar-refractivity contribution >= 4 is 5.97 Å². The fourth-order valence-electron chi connectivity index (χ4n) is 1.68. The molecule has 0 amide bonds. The maximum atomic E-state index is 11.4. The molecule has 18 heavy (non-hydrogen) atoms. The molecule has 1 rings (SSSR count). The van der Waals surface area contributed by atoms with Crippen molar-refractivity contribution in [3.05, 3.63) is 28.8 Å². The van der Waals surface area contributed by atoms with E-state index in [0.29, 0.717) is 23.5 Å². The molecule has 5 nitrogen and oxygen atoms in total. The number of hydrogen-bond acceptors (Lipinski definition) is 5. The van der Waals surface area contributed by atoms with E-state index in [1.54, 1.807) is 19.1 Å². The number of hydrogen-bond donors (Lipinski definition) is 1. The average molecular weight is 249 g/mol. The van der Waals surface area contributed by atoms with E-state index in [9.17, 15) is 9.90 Å². The van der Waals surface area contributed by atoms with Gasteiger partial charge in [0.15, 0.2) is 0 Å². The first-order valence-electron chi connectivity index (χ1n) is 5.53. The molecule has 0 aromatic heterocycles. The van der Waals surface area contributed by atoms with Crippen molar-refractivity contribution in [3.8, 4) is 11.8 Å². The van der Waals surface area contributed by atoms with Gasteiger partial charge < -0.3 is 14.6 Å². The van der Waals surface area contributed by atoms with Gasteiger partial charge in [0, 0.05) is 5.56 Å². The number of aliphatic hydroxyl groups is 1. The molecule has 1 N–H and O–H groups in total. The Labute approximate surface area is 106 Å². The number of carbonyl (C=O) groups excluding carboxylic acids is 1. The normalized spacial score (nSPS) is 9.67. The molecule has 96 valence electrons. The van der Waals surface area contributed by atoms with Crippen LogP contribution in [-0.4, -0.2) is 24.8 Å². The zero-order valence-electron chi connectivity index (χ0n) is 10.4. The highest BCUT2D eigenvalue weighted by molar-refractivity contribution is 5.73. The van der Waals surface area contributed by atoms with Gasteiger partial charge in [-0.1, -0.05) is 6.07 Å². The number of carbonyl (C=O) groups is 1. The van der Waals surface area contributed by atoms with Crippen LogP contribution in [0.25, 0.3) is 0 Å². The van der Waals surface area contributed by atoms with Crippen molar-refractivity contribution in [2.75, 3.05) is 13.7 Å². The van der Waals surface area contributed by atoms with Crippen molar-refractivity contribution in [1.82, 2.24) is 0 Å². The lowest BCUT2D eigenvalue weighted by atomic mass is 9.99. The smallest absolute Gasteiger partial charge is 0.310 e. The van der Waals surface area contributed by atoms with Crippen LogP contribution in [0.1, 0.15) is 23.6 Å². The van der Waals surface area contributed by atoms with Gasteiger partial charge in [-0.25, -0.2) is 0 Å². The lowest BCUT2D eigenvalue weighted by Gasteiger charge is -2.12. The first-order chi connectivity index (χ1) is 8.67. The summed E-state index contributed by atoms with van der Waals surface area (Å²) < 4.78 is 9.88. The van der Waals surface area contributed by atoms with Crippen molar-refractivity contribution in [3.63, 3.8) is 0 Å². The molecular formula is C13H15NO4. The van der Waals surface area contributed by atoms with E-state index in [1.165, 1.54) is 7.11 Å². The van der Waals surface area contributed by atoms with Crippen molar-refractivity contribution in [2.24, 2.45) is 0 Å². The zero-order valence-corrected chi connectivity index (χ0v) is 10.4. The molecule has 0 bridgehead atoms. The van der Waals surface area contributed by atoms with Crippen molar-refractivity contribution in [1.29, 1.82) is 5.26 Å². The predicted molar refractivity (Wildman–Crippen MR) is 64.0 cm³/mol. The molecule has 0 radical (unpaired) electrons. The van der Waals surface area contributed by atoms with Gasteiger partial charge in [0.25, 0.3) is 0 Å². The van der Waals surface area contributed by atoms with Crippen LogP contribution < -0.4 is 4.74 Å². The topological polar surface area (TPSA) is 79.5 Å². The fourth-order valence-corrected chi connectivity index (χ4v) is 1.68. The Kier molecular flexibility index (Phi) is 5.15. The molecule has 0 saturated heterocycles. The predicted octanol–water partition coefficient (Wildman–Crippen LogP) is 1.16. The molecule has 1 aromatic rings. The van der Waals surface area contributed by atoms with Crippen LogP contribution in [0.4, 0.5) is 0 Å². The standard InChI is InChI=1S/C13H15NO4/c1-3-18-13(16)6-9-4-5-12(17-2)10(7-14)11(9)8-15/h4-5,15H,3,6,8H2,1-2H3. The van der Waals surface area contributed by atoms with E-state index >= 15 is 0 Å². The molecule has 0 fully saturated rings. The van der Waals surface area contributed by atoms with E-state index < -0.39 is 0 Å². The van der Waals surface area contributed by atoms with Gasteiger partial charge in [0.05, 0.1) is 32.3 Å². The third-order valence-electron chi connectivity index (χ3n) is 2.50. The Morgan fingerprint density at radius 3 is 2.72 bits per heavy atom. The van der Waals surface area contributed by atoms with Gasteiger partial charge in [-0.05, 0) is 18.6 Å². The monoisotopic (exact) mass is 249 g/mol. The number of esters is 1. The van der Waals surface area contributed by atoms with Crippen LogP contribution in [0.15, 0.2) is 12.1 Å². The lowest BCUT2D eigenvalue weighted by Crippen LogP contribution is -2.10. The zero-order chi connectivity index (χ0) is 13.5. The molecule has 0 atom stereocenters. The van der Waals surface area contributed by atoms with Gasteiger partial charge in [0.1, 0.15) is 11.8 Å². The van der Waals surface area contributed by atoms with Gasteiger partial charge >= 0.3 is 5.97 Å². The summed E-state index contributed by atoms with van der Waals surface area (Å²) in [6.07, 6.45) is 0.0302. The highest BCUT2D eigenvalue weighted by Crippen LogP contribution is 2.25. The number of benzene rings is 1. The second kappa shape index (κ2) is 6.62. The third-order valence-corrected chi connectivity index (χ3v) is 2.50. The number of ether oxygens (including phenoxy) is 2. The third kappa shape index (κ3) is 2.99. The average Bonchev–Trinajstić information content (AvgIpc) is 2.38. The maximum absolute atomic E-state index is 11.4. The van der Waals surface area contributed by atoms with Crippen LogP contribution in [0.3, 0.4) is 0 Å². The second-order valence-electron chi connectivity index (χ2n) is 3.53. The minimum Gasteiger partial charge on any atom is -0.495 e. The van der Waals surface area contributed by atoms with Crippen LogP contribution in [-0.2, 0) is 22.6 Å². The quantitative estimate of drug-likeness (QED) is 0.792. The second-order valence-corrected chi connectivity index (χ2v) is 3.53. The maximum Gasteiger partial charge on any atom is 0.310 e. The fraction of sp³-hybridized carbons (Fsp3) is 0.385. The molecule has 0 aliphatic carbocycles. The molecule has 0 heterocycles. The van der Waals surface area contributed by atoms with Crippen LogP contribution in [0.2, 0.25) is 0 Å². The molecule has 5 heteroatoms. The summed E-state index contributed by atoms with van der Waals surface area (Å²) in [6, 6.07) is 5.23. The van der Waals surface area contributed by atoms with E-state index in [4.69, 9.17) is 14.7 Å². The van der Waals surface area contributed by atoms with Crippen molar-refractivity contribution in [2.45, 2.75) is 20.0 Å². The number of aliphatic hydroxyl groups excluding tert-OH is 1. The summed E-state index contributed by atoms with van der Waals surface area (Å²) in [5, 5.41) is 18.4. The van der Waals surface area contributed by atoms with Gasteiger partial charge in [0.2, 0.25) is 0 Å². The molecule has 1 aromatic carbocycles. The Morgan fingerprint density at radius 1 is 1.50 bits per heavy atom. The van der Waals surface area contributed by atoms with Crippen LogP contribution >= 0.6 is 0 Å². The molecular weight excluding hydrogens is 234 g/mol. The SMILES string of the molecule is CCOC(=O)Cc1ccc(OC)c(C#N)c1CO. The van der Waals surface area contributed by atoms with E-state index in [-0.39, 0.29) is 24.6 Å². The number of nitrogens with zero attached hydrogens (tertiary/aromatic N) is 1. The van der Waals surface area contributed by atoms with Crippen molar-refractivity contribution < 1.29 is 19.4 Å². The first kappa shape index (κ1) is 14.0. The lowest BCUT2D eigenvalue weighted by molar-refractivity contribution is -0.142. The highest BCUT2D eigenvalue weighted by Gasteiger charge is 2.15. The summed E-state index contributed by atoms with van der Waals surface area (Å²) in [7, 11) is 1.45. The molecule has 0 spiro atoms. The van der Waals surface area contributed by atoms with Gasteiger partial charge in [-0.3, -0.25) is 4.79 Å². The molecule has 0 saturated carbocycles. The Balaban J connectivity index is 3.14. The number of methoxy groups -OCH3 is 1. The minimum atomic E-state index is -0.388. The Morgan fingerprint density at radius 2 is 2.22 bits per heavy atom. The van der Waals surface area contributed by atoms with Gasteiger partial charge in [-0.15, -0.1) is 0 Å². The van der Waals surface area contributed by atoms with E-state index in [2.05, 4.69) is 0 Å². The summed E-state index contributed by atoms with van der Waals surface area (Å²) in [6.45, 7) is 1.70. The Bertz CT molecular complexity index is 477. The number of rotatable bonds is 5. The van der Waals surface area contributed by atoms with Crippen LogP contribution in [0.5, 0.6) is 5.75 Å². The summed E-state index contributed by atoms with van der Waals surface area (Å²) in [5.41, 5.74) is 1.24. The number of nitriles is 1. The summed E-state index contributed by atoms with van der Waals surface area (Å²) in [5.74, 6) is -0.00424. The van der Waals surface area contributed by atoms with Gasteiger partial charge in [-0.2, -0.15) is 5.26 Å². The van der Waals surface area contributed by atoms with E-state index in [0.717, 1.165) is 0 Å². The summed E-state index contributed by atoms with van der Waals surface area (Å²) in [4.78, 5) is 11.4. The minimum absolute atomic E-state index is 0.0302. The van der Waals surface area contributed by atoms with Crippen LogP contribution in [0, 0.1) is 11.3 Å². The molecule has 0 aliphatic heterocycles. The van der Waals surface area contributed by atoms with E-state index in [1.807, 2.05) is 6.07 Å². The Hall–Kier alpha value is -2.06. The molecule has 0 unspecified atom stereocenters. The first-order valence-corrected chi connectivity index (χ1v) is 5.53. The highest BCUT2D eigenvalue weighted by atomic mass is 16.5. The largest absolute Gasteiger partial charge is 0.495 e. The summed E-state index contributed by atoms with van der Waals surface area (Å²) >= 11 is 0. The molecule has 0 aliphatic rings.